The molecule has 2 atom stereocenters. The Labute approximate surface area is 140 Å². The van der Waals surface area contributed by atoms with Gasteiger partial charge in [-0.3, -0.25) is 9.88 Å². The minimum atomic E-state index is -3.34. The van der Waals surface area contributed by atoms with Crippen molar-refractivity contribution in [3.8, 4) is 0 Å². The lowest BCUT2D eigenvalue weighted by Gasteiger charge is -2.32. The van der Waals surface area contributed by atoms with Gasteiger partial charge < -0.3 is 13.8 Å². The fourth-order valence-corrected chi connectivity index (χ4v) is 4.37. The van der Waals surface area contributed by atoms with E-state index in [1.165, 1.54) is 0 Å². The number of methoxy groups -OCH3 is 1. The molecule has 0 saturated heterocycles. The average molecular weight is 343 g/mol. The van der Waals surface area contributed by atoms with E-state index in [4.69, 9.17) is 13.8 Å². The first kappa shape index (κ1) is 20.3. The van der Waals surface area contributed by atoms with Crippen molar-refractivity contribution in [3.05, 3.63) is 35.9 Å². The topological polar surface area (TPSA) is 56.8 Å². The second-order valence-electron chi connectivity index (χ2n) is 5.66. The van der Waals surface area contributed by atoms with Crippen LogP contribution in [0.25, 0.3) is 0 Å². The van der Waals surface area contributed by atoms with Crippen LogP contribution in [-0.2, 0) is 18.3 Å². The highest BCUT2D eigenvalue weighted by Crippen LogP contribution is 2.59. The van der Waals surface area contributed by atoms with Gasteiger partial charge in [-0.05, 0) is 25.3 Å². The van der Waals surface area contributed by atoms with E-state index in [0.29, 0.717) is 25.7 Å². The Morgan fingerprint density at radius 2 is 1.65 bits per heavy atom. The van der Waals surface area contributed by atoms with Crippen LogP contribution in [0.15, 0.2) is 30.3 Å². The molecule has 0 saturated carbocycles. The number of hydrogen-bond acceptors (Lipinski definition) is 5. The third-order valence-corrected chi connectivity index (χ3v) is 5.89. The summed E-state index contributed by atoms with van der Waals surface area (Å²) in [4.78, 5) is 0. The van der Waals surface area contributed by atoms with Crippen molar-refractivity contribution in [2.75, 3.05) is 26.9 Å². The van der Waals surface area contributed by atoms with Crippen molar-refractivity contribution < 1.29 is 18.3 Å². The van der Waals surface area contributed by atoms with E-state index in [1.807, 2.05) is 44.2 Å². The number of hydrogen-bond donors (Lipinski definition) is 1. The molecule has 1 N–H and O–H groups in total. The molecule has 0 aromatic heterocycles. The quantitative estimate of drug-likeness (QED) is 0.610. The number of ether oxygens (including phenoxy) is 1. The second kappa shape index (κ2) is 10.2. The standard InChI is InChI=1S/C17H30NO4P/c1-6-21-23(19,22-7-2)17(15-11-9-8-10-12-15)18-16(13-20-5)14(3)4/h8-12,14,16-18H,6-7,13H2,1-5H3/t16-,17+/m1/s1. The molecule has 1 aromatic carbocycles. The summed E-state index contributed by atoms with van der Waals surface area (Å²) in [5.41, 5.74) is 0.888. The first-order chi connectivity index (χ1) is 11.0. The normalized spacial score (nSPS) is 14.9. The molecule has 0 unspecified atom stereocenters. The molecular formula is C17H30NO4P. The molecule has 0 aliphatic carbocycles. The van der Waals surface area contributed by atoms with Crippen LogP contribution in [0.4, 0.5) is 0 Å². The van der Waals surface area contributed by atoms with E-state index < -0.39 is 13.4 Å². The van der Waals surface area contributed by atoms with Gasteiger partial charge in [-0.1, -0.05) is 44.2 Å². The monoisotopic (exact) mass is 343 g/mol. The molecule has 0 fully saturated rings. The van der Waals surface area contributed by atoms with Crippen LogP contribution in [0.2, 0.25) is 0 Å². The van der Waals surface area contributed by atoms with Gasteiger partial charge in [-0.2, -0.15) is 0 Å². The molecule has 1 aromatic rings. The molecule has 6 heteroatoms. The van der Waals surface area contributed by atoms with E-state index in [9.17, 15) is 4.57 Å². The number of rotatable bonds is 11. The van der Waals surface area contributed by atoms with Crippen molar-refractivity contribution in [2.45, 2.75) is 39.5 Å². The smallest absolute Gasteiger partial charge is 0.351 e. The van der Waals surface area contributed by atoms with Crippen LogP contribution < -0.4 is 5.32 Å². The number of benzene rings is 1. The highest BCUT2D eigenvalue weighted by molar-refractivity contribution is 7.54. The molecule has 1 rings (SSSR count). The fraction of sp³-hybridized carbons (Fsp3) is 0.647. The molecular weight excluding hydrogens is 313 g/mol. The van der Waals surface area contributed by atoms with Crippen molar-refractivity contribution in [1.29, 1.82) is 0 Å². The minimum absolute atomic E-state index is 0.0412. The summed E-state index contributed by atoms with van der Waals surface area (Å²) in [6.07, 6.45) is 0. The molecule has 0 heterocycles. The van der Waals surface area contributed by atoms with Crippen molar-refractivity contribution >= 4 is 7.60 Å². The zero-order valence-electron chi connectivity index (χ0n) is 14.8. The Bertz CT molecular complexity index is 471. The summed E-state index contributed by atoms with van der Waals surface area (Å²) in [5, 5.41) is 3.44. The maximum absolute atomic E-state index is 13.3. The van der Waals surface area contributed by atoms with Crippen molar-refractivity contribution in [3.63, 3.8) is 0 Å². The molecule has 0 amide bonds. The lowest BCUT2D eigenvalue weighted by molar-refractivity contribution is 0.139. The first-order valence-electron chi connectivity index (χ1n) is 8.17. The predicted molar refractivity (Wildman–Crippen MR) is 93.7 cm³/mol. The summed E-state index contributed by atoms with van der Waals surface area (Å²) in [7, 11) is -1.67. The highest BCUT2D eigenvalue weighted by Gasteiger charge is 2.38. The second-order valence-corrected chi connectivity index (χ2v) is 7.77. The maximum atomic E-state index is 13.3. The van der Waals surface area contributed by atoms with Gasteiger partial charge in [0.25, 0.3) is 0 Å². The largest absolute Gasteiger partial charge is 0.383 e. The molecule has 0 bridgehead atoms. The summed E-state index contributed by atoms with van der Waals surface area (Å²) in [6, 6.07) is 9.69. The highest BCUT2D eigenvalue weighted by atomic mass is 31.2. The van der Waals surface area contributed by atoms with Crippen LogP contribution >= 0.6 is 7.60 Å². The molecule has 0 aliphatic rings. The Morgan fingerprint density at radius 3 is 2.09 bits per heavy atom. The molecule has 5 nitrogen and oxygen atoms in total. The molecule has 23 heavy (non-hydrogen) atoms. The van der Waals surface area contributed by atoms with Gasteiger partial charge >= 0.3 is 7.60 Å². The van der Waals surface area contributed by atoms with Gasteiger partial charge in [0.1, 0.15) is 5.78 Å². The van der Waals surface area contributed by atoms with Gasteiger partial charge in [0.15, 0.2) is 0 Å². The molecule has 0 aliphatic heterocycles. The lowest BCUT2D eigenvalue weighted by Crippen LogP contribution is -2.40. The third kappa shape index (κ3) is 6.02. The average Bonchev–Trinajstić information content (AvgIpc) is 2.52. The Morgan fingerprint density at radius 1 is 1.09 bits per heavy atom. The first-order valence-corrected chi connectivity index (χ1v) is 9.78. The summed E-state index contributed by atoms with van der Waals surface area (Å²) in [6.45, 7) is 9.04. The van der Waals surface area contributed by atoms with E-state index in [1.54, 1.807) is 7.11 Å². The Kier molecular flexibility index (Phi) is 9.03. The summed E-state index contributed by atoms with van der Waals surface area (Å²) in [5.74, 6) is -0.205. The van der Waals surface area contributed by atoms with Crippen molar-refractivity contribution in [1.82, 2.24) is 5.32 Å². The van der Waals surface area contributed by atoms with Crippen LogP contribution in [0.5, 0.6) is 0 Å². The predicted octanol–water partition coefficient (Wildman–Crippen LogP) is 4.21. The molecule has 0 radical (unpaired) electrons. The van der Waals surface area contributed by atoms with Gasteiger partial charge in [0, 0.05) is 13.2 Å². The van der Waals surface area contributed by atoms with Crippen LogP contribution in [-0.4, -0.2) is 33.0 Å². The summed E-state index contributed by atoms with van der Waals surface area (Å²) >= 11 is 0. The molecule has 0 spiro atoms. The SMILES string of the molecule is CCOP(=O)(OCC)[C@H](N[C@H](COC)C(C)C)c1ccccc1. The maximum Gasteiger partial charge on any atom is 0.351 e. The van der Waals surface area contributed by atoms with Crippen LogP contribution in [0, 0.1) is 5.92 Å². The van der Waals surface area contributed by atoms with E-state index in [-0.39, 0.29) is 6.04 Å². The Hall–Kier alpha value is -0.710. The zero-order chi connectivity index (χ0) is 17.3. The van der Waals surface area contributed by atoms with Gasteiger partial charge in [-0.25, -0.2) is 0 Å². The lowest BCUT2D eigenvalue weighted by atomic mass is 10.0. The third-order valence-electron chi connectivity index (χ3n) is 3.57. The van der Waals surface area contributed by atoms with Crippen molar-refractivity contribution in [2.24, 2.45) is 5.92 Å². The minimum Gasteiger partial charge on any atom is -0.383 e. The van der Waals surface area contributed by atoms with E-state index in [2.05, 4.69) is 19.2 Å². The fourth-order valence-electron chi connectivity index (χ4n) is 2.37. The Balaban J connectivity index is 3.17. The summed E-state index contributed by atoms with van der Waals surface area (Å²) < 4.78 is 29.8. The number of nitrogens with one attached hydrogen (secondary N) is 1. The van der Waals surface area contributed by atoms with Gasteiger partial charge in [0.2, 0.25) is 0 Å². The van der Waals surface area contributed by atoms with E-state index >= 15 is 0 Å². The zero-order valence-corrected chi connectivity index (χ0v) is 15.7. The van der Waals surface area contributed by atoms with Crippen LogP contribution in [0.3, 0.4) is 0 Å². The van der Waals surface area contributed by atoms with Gasteiger partial charge in [0.05, 0.1) is 19.8 Å². The van der Waals surface area contributed by atoms with Crippen LogP contribution in [0.1, 0.15) is 39.0 Å². The van der Waals surface area contributed by atoms with Gasteiger partial charge in [-0.15, -0.1) is 0 Å². The van der Waals surface area contributed by atoms with E-state index in [0.717, 1.165) is 5.56 Å². The molecule has 132 valence electrons.